The summed E-state index contributed by atoms with van der Waals surface area (Å²) in [6.07, 6.45) is 2.13. The van der Waals surface area contributed by atoms with Gasteiger partial charge in [-0.25, -0.2) is 0 Å². The highest BCUT2D eigenvalue weighted by atomic mass is 16.5. The molecule has 0 spiro atoms. The highest BCUT2D eigenvalue weighted by Gasteiger charge is 2.29. The van der Waals surface area contributed by atoms with Crippen molar-refractivity contribution in [1.29, 1.82) is 0 Å². The molecule has 3 heteroatoms. The number of hydrogen-bond acceptors (Lipinski definition) is 3. The second-order valence-electron chi connectivity index (χ2n) is 5.35. The van der Waals surface area contributed by atoms with Crippen molar-refractivity contribution >= 4 is 0 Å². The molecule has 0 saturated carbocycles. The van der Waals surface area contributed by atoms with E-state index in [9.17, 15) is 0 Å². The van der Waals surface area contributed by atoms with Gasteiger partial charge in [0.1, 0.15) is 0 Å². The Morgan fingerprint density at radius 3 is 2.43 bits per heavy atom. The fourth-order valence-corrected chi connectivity index (χ4v) is 1.51. The smallest absolute Gasteiger partial charge is 0.0494 e. The maximum atomic E-state index is 9.14. The van der Waals surface area contributed by atoms with E-state index >= 15 is 0 Å². The Labute approximate surface area is 86.8 Å². The molecule has 1 aliphatic heterocycles. The van der Waals surface area contributed by atoms with E-state index in [0.717, 1.165) is 32.6 Å². The summed E-state index contributed by atoms with van der Waals surface area (Å²) in [6, 6.07) is 0. The van der Waals surface area contributed by atoms with Crippen molar-refractivity contribution < 1.29 is 9.84 Å². The Balaban J connectivity index is 2.35. The second kappa shape index (κ2) is 4.60. The Hall–Kier alpha value is -0.120. The predicted octanol–water partition coefficient (Wildman–Crippen LogP) is 1.16. The minimum absolute atomic E-state index is 0.0265. The minimum atomic E-state index is -0.0265. The van der Waals surface area contributed by atoms with E-state index < -0.39 is 0 Å². The van der Waals surface area contributed by atoms with Crippen molar-refractivity contribution in [1.82, 2.24) is 5.32 Å². The van der Waals surface area contributed by atoms with Gasteiger partial charge < -0.3 is 15.2 Å². The van der Waals surface area contributed by atoms with Crippen LogP contribution in [0.3, 0.4) is 0 Å². The van der Waals surface area contributed by atoms with E-state index in [2.05, 4.69) is 26.1 Å². The lowest BCUT2D eigenvalue weighted by atomic mass is 9.88. The number of hydrogen-bond donors (Lipinski definition) is 2. The molecule has 0 aromatic rings. The van der Waals surface area contributed by atoms with Crippen LogP contribution in [0.5, 0.6) is 0 Å². The molecule has 2 N–H and O–H groups in total. The van der Waals surface area contributed by atoms with Gasteiger partial charge in [-0.2, -0.15) is 0 Å². The molecular weight excluding hydrogens is 178 g/mol. The zero-order chi connectivity index (χ0) is 10.7. The van der Waals surface area contributed by atoms with Gasteiger partial charge in [-0.05, 0) is 19.8 Å². The number of nitrogens with one attached hydrogen (secondary N) is 1. The van der Waals surface area contributed by atoms with Crippen LogP contribution in [0.15, 0.2) is 0 Å². The molecule has 14 heavy (non-hydrogen) atoms. The quantitative estimate of drug-likeness (QED) is 0.717. The van der Waals surface area contributed by atoms with Crippen LogP contribution in [0.25, 0.3) is 0 Å². The summed E-state index contributed by atoms with van der Waals surface area (Å²) in [4.78, 5) is 0. The van der Waals surface area contributed by atoms with Gasteiger partial charge in [0.15, 0.2) is 0 Å². The van der Waals surface area contributed by atoms with Gasteiger partial charge in [-0.1, -0.05) is 13.8 Å². The van der Waals surface area contributed by atoms with Gasteiger partial charge >= 0.3 is 0 Å². The minimum Gasteiger partial charge on any atom is -0.396 e. The summed E-state index contributed by atoms with van der Waals surface area (Å²) in [5.41, 5.74) is 0.173. The third-order valence-electron chi connectivity index (χ3n) is 3.02. The number of aliphatic hydroxyl groups excluding tert-OH is 1. The molecule has 0 aliphatic carbocycles. The third-order valence-corrected chi connectivity index (χ3v) is 3.02. The third kappa shape index (κ3) is 3.56. The van der Waals surface area contributed by atoms with Crippen LogP contribution in [0.2, 0.25) is 0 Å². The average molecular weight is 201 g/mol. The highest BCUT2D eigenvalue weighted by molar-refractivity contribution is 4.87. The molecule has 0 amide bonds. The molecule has 0 aromatic carbocycles. The summed E-state index contributed by atoms with van der Waals surface area (Å²) in [5, 5.41) is 12.7. The van der Waals surface area contributed by atoms with Crippen molar-refractivity contribution in [3.8, 4) is 0 Å². The summed E-state index contributed by atoms with van der Waals surface area (Å²) < 4.78 is 5.33. The number of ether oxygens (including phenoxy) is 1. The molecule has 1 saturated heterocycles. The van der Waals surface area contributed by atoms with Crippen LogP contribution in [-0.2, 0) is 4.74 Å². The molecule has 1 fully saturated rings. The molecule has 0 atom stereocenters. The van der Waals surface area contributed by atoms with Crippen molar-refractivity contribution in [2.24, 2.45) is 5.41 Å². The highest BCUT2D eigenvalue weighted by Crippen LogP contribution is 2.22. The first-order valence-corrected chi connectivity index (χ1v) is 5.41. The molecule has 0 radical (unpaired) electrons. The van der Waals surface area contributed by atoms with Crippen molar-refractivity contribution in [2.45, 2.75) is 39.2 Å². The van der Waals surface area contributed by atoms with Crippen molar-refractivity contribution in [2.75, 3.05) is 26.4 Å². The molecule has 3 nitrogen and oxygen atoms in total. The number of rotatable bonds is 4. The lowest BCUT2D eigenvalue weighted by Crippen LogP contribution is -2.50. The molecule has 0 aromatic heterocycles. The molecule has 1 rings (SSSR count). The van der Waals surface area contributed by atoms with Crippen molar-refractivity contribution in [3.05, 3.63) is 0 Å². The van der Waals surface area contributed by atoms with Gasteiger partial charge in [0.05, 0.1) is 0 Å². The van der Waals surface area contributed by atoms with E-state index in [4.69, 9.17) is 9.84 Å². The van der Waals surface area contributed by atoms with E-state index in [1.54, 1.807) is 0 Å². The van der Waals surface area contributed by atoms with Gasteiger partial charge in [0.2, 0.25) is 0 Å². The number of aliphatic hydroxyl groups is 1. The largest absolute Gasteiger partial charge is 0.396 e. The molecule has 1 aliphatic rings. The van der Waals surface area contributed by atoms with E-state index in [0.29, 0.717) is 0 Å². The van der Waals surface area contributed by atoms with Crippen LogP contribution < -0.4 is 5.32 Å². The Bertz CT molecular complexity index is 174. The zero-order valence-electron chi connectivity index (χ0n) is 9.60. The lowest BCUT2D eigenvalue weighted by Gasteiger charge is -2.37. The van der Waals surface area contributed by atoms with Crippen molar-refractivity contribution in [3.63, 3.8) is 0 Å². The monoisotopic (exact) mass is 201 g/mol. The predicted molar refractivity (Wildman–Crippen MR) is 57.3 cm³/mol. The van der Waals surface area contributed by atoms with Gasteiger partial charge in [-0.15, -0.1) is 0 Å². The maximum absolute atomic E-state index is 9.14. The standard InChI is InChI=1S/C11H23NO2/c1-10(2,9-13)8-12-11(3)4-6-14-7-5-11/h12-13H,4-9H2,1-3H3. The first-order chi connectivity index (χ1) is 6.47. The first kappa shape index (κ1) is 12.0. The SMILES string of the molecule is CC(C)(CO)CNC1(C)CCOCC1. The lowest BCUT2D eigenvalue weighted by molar-refractivity contribution is 0.0378. The fourth-order valence-electron chi connectivity index (χ4n) is 1.51. The molecular formula is C11H23NO2. The van der Waals surface area contributed by atoms with Gasteiger partial charge in [0.25, 0.3) is 0 Å². The molecule has 0 unspecified atom stereocenters. The summed E-state index contributed by atoms with van der Waals surface area (Å²) in [5.74, 6) is 0. The second-order valence-corrected chi connectivity index (χ2v) is 5.35. The van der Waals surface area contributed by atoms with E-state index in [-0.39, 0.29) is 17.6 Å². The molecule has 1 heterocycles. The summed E-state index contributed by atoms with van der Waals surface area (Å²) in [6.45, 7) is 9.17. The van der Waals surface area contributed by atoms with E-state index in [1.807, 2.05) is 0 Å². The van der Waals surface area contributed by atoms with Crippen LogP contribution in [0.4, 0.5) is 0 Å². The van der Waals surface area contributed by atoms with Gasteiger partial charge in [-0.3, -0.25) is 0 Å². The molecule has 84 valence electrons. The average Bonchev–Trinajstić information content (AvgIpc) is 2.17. The topological polar surface area (TPSA) is 41.5 Å². The van der Waals surface area contributed by atoms with Gasteiger partial charge in [0, 0.05) is 37.3 Å². The van der Waals surface area contributed by atoms with Crippen LogP contribution in [-0.4, -0.2) is 37.0 Å². The molecule has 0 bridgehead atoms. The summed E-state index contributed by atoms with van der Waals surface area (Å²) >= 11 is 0. The Morgan fingerprint density at radius 2 is 1.93 bits per heavy atom. The fraction of sp³-hybridized carbons (Fsp3) is 1.00. The Kier molecular flexibility index (Phi) is 3.93. The maximum Gasteiger partial charge on any atom is 0.0494 e. The van der Waals surface area contributed by atoms with Crippen LogP contribution >= 0.6 is 0 Å². The van der Waals surface area contributed by atoms with Crippen LogP contribution in [0.1, 0.15) is 33.6 Å². The van der Waals surface area contributed by atoms with Crippen LogP contribution in [0, 0.1) is 5.41 Å². The van der Waals surface area contributed by atoms with E-state index in [1.165, 1.54) is 0 Å². The Morgan fingerprint density at radius 1 is 1.36 bits per heavy atom. The normalized spacial score (nSPS) is 22.3. The zero-order valence-corrected chi connectivity index (χ0v) is 9.60. The first-order valence-electron chi connectivity index (χ1n) is 5.41. The summed E-state index contributed by atoms with van der Waals surface area (Å²) in [7, 11) is 0.